The second kappa shape index (κ2) is 9.45. The van der Waals surface area contributed by atoms with Crippen LogP contribution in [0, 0.1) is 11.3 Å². The predicted molar refractivity (Wildman–Crippen MR) is 145 cm³/mol. The minimum Gasteiger partial charge on any atom is -0.365 e. The molecule has 5 rings (SSSR count). The molecule has 0 bridgehead atoms. The summed E-state index contributed by atoms with van der Waals surface area (Å²) in [7, 11) is 0. The van der Waals surface area contributed by atoms with Crippen LogP contribution >= 0.6 is 38.6 Å². The Bertz CT molecular complexity index is 1570. The van der Waals surface area contributed by atoms with Crippen LogP contribution in [0.2, 0.25) is 0 Å². The minimum absolute atomic E-state index is 0.00801. The number of aromatic nitrogens is 3. The Morgan fingerprint density at radius 2 is 2.00 bits per heavy atom. The zero-order chi connectivity index (χ0) is 27.6. The quantitative estimate of drug-likeness (QED) is 0.260. The summed E-state index contributed by atoms with van der Waals surface area (Å²) in [6.07, 6.45) is -2.45. The first-order valence-corrected chi connectivity index (χ1v) is 14.2. The first-order valence-electron chi connectivity index (χ1n) is 11.7. The molecule has 13 heteroatoms. The van der Waals surface area contributed by atoms with E-state index in [0.29, 0.717) is 21.7 Å². The van der Waals surface area contributed by atoms with Gasteiger partial charge >= 0.3 is 6.18 Å². The lowest BCUT2D eigenvalue weighted by atomic mass is 9.72. The Morgan fingerprint density at radius 3 is 2.61 bits per heavy atom. The van der Waals surface area contributed by atoms with Crippen molar-refractivity contribution in [2.75, 3.05) is 5.32 Å². The molecule has 7 nitrogen and oxygen atoms in total. The molecule has 2 amide bonds. The fourth-order valence-corrected chi connectivity index (χ4v) is 7.26. The van der Waals surface area contributed by atoms with E-state index in [1.807, 2.05) is 0 Å². The van der Waals surface area contributed by atoms with E-state index in [9.17, 15) is 22.8 Å². The van der Waals surface area contributed by atoms with E-state index in [1.54, 1.807) is 17.5 Å². The second-order valence-corrected chi connectivity index (χ2v) is 13.1. The summed E-state index contributed by atoms with van der Waals surface area (Å²) < 4.78 is 42.5. The van der Waals surface area contributed by atoms with Crippen molar-refractivity contribution in [3.63, 3.8) is 0 Å². The predicted octanol–water partition coefficient (Wildman–Crippen LogP) is 6.80. The molecule has 4 heterocycles. The fraction of sp³-hybridized carbons (Fsp3) is 0.360. The summed E-state index contributed by atoms with van der Waals surface area (Å²) in [5.41, 5.74) is 5.45. The second-order valence-electron chi connectivity index (χ2n) is 10.2. The molecule has 0 aliphatic heterocycles. The summed E-state index contributed by atoms with van der Waals surface area (Å²) in [4.78, 5) is 31.6. The largest absolute Gasteiger partial charge is 0.433 e. The van der Waals surface area contributed by atoms with Crippen molar-refractivity contribution < 1.29 is 22.8 Å². The lowest BCUT2D eigenvalue weighted by Gasteiger charge is -2.33. The molecule has 1 aliphatic rings. The Kier molecular flexibility index (Phi) is 6.67. The normalized spacial score (nSPS) is 16.0. The monoisotopic (exact) mass is 625 g/mol. The summed E-state index contributed by atoms with van der Waals surface area (Å²) in [6, 6.07) is 4.28. The summed E-state index contributed by atoms with van der Waals surface area (Å²) in [5.74, 6) is -1.04. The van der Waals surface area contributed by atoms with Crippen molar-refractivity contribution in [2.45, 2.75) is 46.2 Å². The van der Waals surface area contributed by atoms with Crippen molar-refractivity contribution in [1.82, 2.24) is 14.6 Å². The smallest absolute Gasteiger partial charge is 0.365 e. The number of thiophene rings is 2. The third kappa shape index (κ3) is 4.75. The Hall–Kier alpha value is -2.77. The van der Waals surface area contributed by atoms with E-state index < -0.39 is 23.7 Å². The number of anilines is 1. The van der Waals surface area contributed by atoms with E-state index in [4.69, 9.17) is 5.73 Å². The van der Waals surface area contributed by atoms with Crippen LogP contribution in [0.5, 0.6) is 0 Å². The van der Waals surface area contributed by atoms with Crippen LogP contribution in [0.25, 0.3) is 16.2 Å². The number of amides is 2. The van der Waals surface area contributed by atoms with Crippen molar-refractivity contribution in [1.29, 1.82) is 0 Å². The zero-order valence-electron chi connectivity index (χ0n) is 20.6. The van der Waals surface area contributed by atoms with Crippen LogP contribution in [-0.4, -0.2) is 26.4 Å². The third-order valence-corrected chi connectivity index (χ3v) is 9.57. The highest BCUT2D eigenvalue weighted by Crippen LogP contribution is 2.44. The van der Waals surface area contributed by atoms with Crippen molar-refractivity contribution in [3.05, 3.63) is 55.4 Å². The van der Waals surface area contributed by atoms with E-state index in [-0.39, 0.29) is 37.5 Å². The number of nitrogens with zero attached hydrogens (tertiary/aromatic N) is 3. The molecule has 200 valence electrons. The number of halogens is 4. The Balaban J connectivity index is 1.55. The van der Waals surface area contributed by atoms with Crippen LogP contribution in [0.3, 0.4) is 0 Å². The molecule has 3 N–H and O–H groups in total. The summed E-state index contributed by atoms with van der Waals surface area (Å²) in [5, 5.41) is 8.66. The van der Waals surface area contributed by atoms with Gasteiger partial charge in [0, 0.05) is 4.88 Å². The summed E-state index contributed by atoms with van der Waals surface area (Å²) >= 11 is 5.76. The van der Waals surface area contributed by atoms with Crippen molar-refractivity contribution >= 4 is 61.1 Å². The molecule has 0 radical (unpaired) electrons. The molecule has 0 saturated heterocycles. The van der Waals surface area contributed by atoms with E-state index in [2.05, 4.69) is 52.1 Å². The van der Waals surface area contributed by atoms with Crippen LogP contribution in [-0.2, 0) is 19.0 Å². The number of alkyl halides is 3. The number of primary amides is 1. The van der Waals surface area contributed by atoms with Gasteiger partial charge in [0.25, 0.3) is 11.8 Å². The van der Waals surface area contributed by atoms with Gasteiger partial charge in [-0.2, -0.15) is 18.3 Å². The molecule has 0 saturated carbocycles. The maximum atomic E-state index is 14.0. The minimum atomic E-state index is -4.75. The van der Waals surface area contributed by atoms with Gasteiger partial charge in [0.15, 0.2) is 17.0 Å². The Labute approximate surface area is 232 Å². The highest BCUT2D eigenvalue weighted by atomic mass is 79.9. The molecule has 0 spiro atoms. The van der Waals surface area contributed by atoms with Gasteiger partial charge in [-0.1, -0.05) is 26.8 Å². The van der Waals surface area contributed by atoms with Crippen molar-refractivity contribution in [2.24, 2.45) is 17.1 Å². The van der Waals surface area contributed by atoms with Crippen LogP contribution in [0.15, 0.2) is 28.1 Å². The van der Waals surface area contributed by atoms with Gasteiger partial charge in [0.2, 0.25) is 0 Å². The van der Waals surface area contributed by atoms with E-state index >= 15 is 0 Å². The molecular weight excluding hydrogens is 603 g/mol. The first kappa shape index (κ1) is 26.8. The lowest BCUT2D eigenvalue weighted by molar-refractivity contribution is -0.142. The average Bonchev–Trinajstić information content (AvgIpc) is 3.54. The van der Waals surface area contributed by atoms with Gasteiger partial charge in [-0.05, 0) is 69.6 Å². The molecule has 38 heavy (non-hydrogen) atoms. The van der Waals surface area contributed by atoms with Crippen LogP contribution in [0.1, 0.15) is 64.2 Å². The Morgan fingerprint density at radius 1 is 1.26 bits per heavy atom. The molecule has 0 fully saturated rings. The van der Waals surface area contributed by atoms with E-state index in [1.165, 1.54) is 22.7 Å². The highest BCUT2D eigenvalue weighted by molar-refractivity contribution is 9.10. The number of hydrogen-bond acceptors (Lipinski definition) is 6. The highest BCUT2D eigenvalue weighted by Gasteiger charge is 2.37. The average molecular weight is 627 g/mol. The summed E-state index contributed by atoms with van der Waals surface area (Å²) in [6.45, 7) is 6.51. The van der Waals surface area contributed by atoms with Gasteiger partial charge in [-0.15, -0.1) is 22.7 Å². The molecule has 1 unspecified atom stereocenters. The molecule has 4 aromatic heterocycles. The van der Waals surface area contributed by atoms with Crippen molar-refractivity contribution in [3.8, 4) is 10.6 Å². The number of nitrogens with two attached hydrogens (primary N) is 1. The van der Waals surface area contributed by atoms with Gasteiger partial charge in [0.1, 0.15) is 5.00 Å². The number of nitrogens with one attached hydrogen (secondary N) is 1. The zero-order valence-corrected chi connectivity index (χ0v) is 23.8. The van der Waals surface area contributed by atoms with Gasteiger partial charge < -0.3 is 11.1 Å². The SMILES string of the molecule is CC(C)(C)C1CCc2c(sc(NC(=O)c3nn4c(C(F)(F)F)cc(-c5cccs5)nc4c3Br)c2C(N)=O)C1. The van der Waals surface area contributed by atoms with Crippen LogP contribution < -0.4 is 11.1 Å². The topological polar surface area (TPSA) is 102 Å². The maximum Gasteiger partial charge on any atom is 0.433 e. The number of hydrogen-bond donors (Lipinski definition) is 2. The number of carbonyl (C=O) groups excluding carboxylic acids is 2. The molecule has 1 aliphatic carbocycles. The molecule has 1 atom stereocenters. The van der Waals surface area contributed by atoms with Gasteiger partial charge in [-0.3, -0.25) is 9.59 Å². The standard InChI is InChI=1S/C25H23BrF3N5O2S2/c1-24(2,3)11-6-7-12-15(9-11)38-23(17(12)20(30)35)32-22(36)19-18(26)21-31-13(14-5-4-8-37-14)10-16(25(27,28)29)34(21)33-19/h4-5,8,10-11H,6-7,9H2,1-3H3,(H2,30,35)(H,32,36). The maximum absolute atomic E-state index is 14.0. The molecule has 4 aromatic rings. The number of fused-ring (bicyclic) bond motifs is 2. The van der Waals surface area contributed by atoms with Crippen LogP contribution in [0.4, 0.5) is 18.2 Å². The van der Waals surface area contributed by atoms with Gasteiger partial charge in [-0.25, -0.2) is 9.50 Å². The number of rotatable bonds is 4. The van der Waals surface area contributed by atoms with Gasteiger partial charge in [0.05, 0.1) is 20.6 Å². The first-order chi connectivity index (χ1) is 17.8. The lowest BCUT2D eigenvalue weighted by Crippen LogP contribution is -2.27. The molecular formula is C25H23BrF3N5O2S2. The fourth-order valence-electron chi connectivity index (χ4n) is 4.73. The van der Waals surface area contributed by atoms with E-state index in [0.717, 1.165) is 29.3 Å². The third-order valence-electron chi connectivity index (χ3n) is 6.78. The number of carbonyl (C=O) groups is 2. The molecule has 0 aromatic carbocycles.